The van der Waals surface area contributed by atoms with Crippen LogP contribution in [0.3, 0.4) is 0 Å². The number of halogens is 2. The van der Waals surface area contributed by atoms with E-state index in [-0.39, 0.29) is 5.91 Å². The van der Waals surface area contributed by atoms with Crippen LogP contribution in [0.25, 0.3) is 5.65 Å². The summed E-state index contributed by atoms with van der Waals surface area (Å²) in [4.78, 5) is 17.3. The minimum absolute atomic E-state index is 0.220. The van der Waals surface area contributed by atoms with E-state index in [1.807, 2.05) is 19.9 Å². The number of carbonyl (C=O) groups excluding carboxylic acids is 1. The highest BCUT2D eigenvalue weighted by molar-refractivity contribution is 6.32. The molecule has 2 aromatic heterocycles. The van der Waals surface area contributed by atoms with Gasteiger partial charge < -0.3 is 5.32 Å². The summed E-state index contributed by atoms with van der Waals surface area (Å²) in [7, 11) is 0. The fraction of sp³-hybridized carbons (Fsp3) is 0.176. The summed E-state index contributed by atoms with van der Waals surface area (Å²) in [6.07, 6.45) is 2.40. The van der Waals surface area contributed by atoms with Gasteiger partial charge in [-0.15, -0.1) is 0 Å². The maximum absolute atomic E-state index is 12.8. The van der Waals surface area contributed by atoms with Crippen LogP contribution in [0.1, 0.15) is 28.7 Å². The standard InChI is InChI=1S/C17H15Cl2N3O/c1-3-13-16(22-8-7-11(18)9-15(22)20-13)17(23)21-14-6-4-5-12(19)10(14)2/h4-9H,3H2,1-2H3,(H,21,23). The third-order valence-corrected chi connectivity index (χ3v) is 4.37. The Morgan fingerprint density at radius 2 is 2.09 bits per heavy atom. The number of nitrogens with zero attached hydrogens (tertiary/aromatic N) is 2. The molecule has 0 aliphatic rings. The van der Waals surface area contributed by atoms with Gasteiger partial charge in [-0.25, -0.2) is 4.98 Å². The number of benzene rings is 1. The van der Waals surface area contributed by atoms with Crippen molar-refractivity contribution in [1.82, 2.24) is 9.38 Å². The molecule has 23 heavy (non-hydrogen) atoms. The molecule has 3 rings (SSSR count). The van der Waals surface area contributed by atoms with Gasteiger partial charge in [-0.3, -0.25) is 9.20 Å². The summed E-state index contributed by atoms with van der Waals surface area (Å²) in [6.45, 7) is 3.83. The molecule has 3 aromatic rings. The van der Waals surface area contributed by atoms with E-state index in [1.165, 1.54) is 0 Å². The second-order valence-electron chi connectivity index (χ2n) is 5.20. The smallest absolute Gasteiger partial charge is 0.274 e. The average Bonchev–Trinajstić information content (AvgIpc) is 2.89. The van der Waals surface area contributed by atoms with E-state index in [1.54, 1.807) is 34.9 Å². The van der Waals surface area contributed by atoms with E-state index < -0.39 is 0 Å². The van der Waals surface area contributed by atoms with Crippen molar-refractivity contribution in [2.24, 2.45) is 0 Å². The molecule has 0 unspecified atom stereocenters. The van der Waals surface area contributed by atoms with Gasteiger partial charge in [-0.05, 0) is 37.1 Å². The number of imidazole rings is 1. The molecule has 0 atom stereocenters. The van der Waals surface area contributed by atoms with E-state index >= 15 is 0 Å². The Bertz CT molecular complexity index is 902. The first-order valence-electron chi connectivity index (χ1n) is 7.24. The van der Waals surface area contributed by atoms with Gasteiger partial charge in [0.25, 0.3) is 5.91 Å². The van der Waals surface area contributed by atoms with Crippen LogP contribution in [0.5, 0.6) is 0 Å². The molecule has 0 spiro atoms. The van der Waals surface area contributed by atoms with Crippen molar-refractivity contribution in [3.63, 3.8) is 0 Å². The van der Waals surface area contributed by atoms with Gasteiger partial charge in [0.2, 0.25) is 0 Å². The maximum Gasteiger partial charge on any atom is 0.274 e. The highest BCUT2D eigenvalue weighted by Gasteiger charge is 2.19. The lowest BCUT2D eigenvalue weighted by molar-refractivity contribution is 0.102. The Kier molecular flexibility index (Phi) is 4.28. The van der Waals surface area contributed by atoms with Crippen molar-refractivity contribution in [2.45, 2.75) is 20.3 Å². The molecule has 0 fully saturated rings. The Morgan fingerprint density at radius 1 is 1.30 bits per heavy atom. The molecule has 0 aliphatic heterocycles. The van der Waals surface area contributed by atoms with Gasteiger partial charge in [0, 0.05) is 28.0 Å². The van der Waals surface area contributed by atoms with Crippen molar-refractivity contribution >= 4 is 40.4 Å². The van der Waals surface area contributed by atoms with Gasteiger partial charge in [0.1, 0.15) is 11.3 Å². The molecule has 2 heterocycles. The number of fused-ring (bicyclic) bond motifs is 1. The van der Waals surface area contributed by atoms with Crippen LogP contribution in [0.15, 0.2) is 36.5 Å². The third kappa shape index (κ3) is 2.92. The first-order valence-corrected chi connectivity index (χ1v) is 7.99. The second kappa shape index (κ2) is 6.22. The van der Waals surface area contributed by atoms with Crippen molar-refractivity contribution in [3.8, 4) is 0 Å². The zero-order valence-corrected chi connectivity index (χ0v) is 14.2. The van der Waals surface area contributed by atoms with Crippen LogP contribution in [0.4, 0.5) is 5.69 Å². The largest absolute Gasteiger partial charge is 0.320 e. The molecule has 1 amide bonds. The topological polar surface area (TPSA) is 46.4 Å². The van der Waals surface area contributed by atoms with Crippen LogP contribution in [-0.4, -0.2) is 15.3 Å². The van der Waals surface area contributed by atoms with Gasteiger partial charge in [0.15, 0.2) is 0 Å². The number of aryl methyl sites for hydroxylation is 1. The molecule has 0 radical (unpaired) electrons. The molecular formula is C17H15Cl2N3O. The monoisotopic (exact) mass is 347 g/mol. The van der Waals surface area contributed by atoms with E-state index in [0.29, 0.717) is 33.5 Å². The van der Waals surface area contributed by atoms with E-state index in [9.17, 15) is 4.79 Å². The fourth-order valence-electron chi connectivity index (χ4n) is 2.48. The summed E-state index contributed by atoms with van der Waals surface area (Å²) in [5.41, 5.74) is 3.41. The highest BCUT2D eigenvalue weighted by atomic mass is 35.5. The molecule has 4 nitrogen and oxygen atoms in total. The fourth-order valence-corrected chi connectivity index (χ4v) is 2.81. The minimum atomic E-state index is -0.220. The number of hydrogen-bond donors (Lipinski definition) is 1. The minimum Gasteiger partial charge on any atom is -0.320 e. The Balaban J connectivity index is 2.05. The number of hydrogen-bond acceptors (Lipinski definition) is 2. The van der Waals surface area contributed by atoms with Crippen molar-refractivity contribution in [1.29, 1.82) is 0 Å². The Hall–Kier alpha value is -2.04. The van der Waals surface area contributed by atoms with Crippen LogP contribution >= 0.6 is 23.2 Å². The zero-order valence-electron chi connectivity index (χ0n) is 12.7. The van der Waals surface area contributed by atoms with E-state index in [4.69, 9.17) is 23.2 Å². The van der Waals surface area contributed by atoms with Gasteiger partial charge in [0.05, 0.1) is 5.69 Å². The van der Waals surface area contributed by atoms with Crippen molar-refractivity contribution in [2.75, 3.05) is 5.32 Å². The number of anilines is 1. The predicted octanol–water partition coefficient (Wildman–Crippen LogP) is 4.76. The van der Waals surface area contributed by atoms with Crippen molar-refractivity contribution < 1.29 is 4.79 Å². The number of amides is 1. The van der Waals surface area contributed by atoms with Crippen LogP contribution < -0.4 is 5.32 Å². The summed E-state index contributed by atoms with van der Waals surface area (Å²) in [5.74, 6) is -0.220. The molecular weight excluding hydrogens is 333 g/mol. The first kappa shape index (κ1) is 15.8. The summed E-state index contributed by atoms with van der Waals surface area (Å²) < 4.78 is 1.75. The summed E-state index contributed by atoms with van der Waals surface area (Å²) in [6, 6.07) is 8.89. The maximum atomic E-state index is 12.8. The number of pyridine rings is 1. The molecule has 1 aromatic carbocycles. The second-order valence-corrected chi connectivity index (χ2v) is 6.04. The normalized spacial score (nSPS) is 11.0. The Morgan fingerprint density at radius 3 is 2.83 bits per heavy atom. The first-order chi connectivity index (χ1) is 11.0. The van der Waals surface area contributed by atoms with Gasteiger partial charge >= 0.3 is 0 Å². The lowest BCUT2D eigenvalue weighted by Crippen LogP contribution is -2.17. The van der Waals surface area contributed by atoms with E-state index in [2.05, 4.69) is 10.3 Å². The lowest BCUT2D eigenvalue weighted by atomic mass is 10.2. The lowest BCUT2D eigenvalue weighted by Gasteiger charge is -2.10. The Labute approximate surface area is 144 Å². The van der Waals surface area contributed by atoms with Gasteiger partial charge in [-0.2, -0.15) is 0 Å². The molecule has 118 valence electrons. The molecule has 0 bridgehead atoms. The van der Waals surface area contributed by atoms with Crippen LogP contribution in [-0.2, 0) is 6.42 Å². The number of rotatable bonds is 3. The molecule has 0 saturated heterocycles. The zero-order chi connectivity index (χ0) is 16.6. The van der Waals surface area contributed by atoms with Gasteiger partial charge in [-0.1, -0.05) is 36.2 Å². The molecule has 1 N–H and O–H groups in total. The number of aromatic nitrogens is 2. The quantitative estimate of drug-likeness (QED) is 0.741. The number of carbonyl (C=O) groups is 1. The molecule has 0 saturated carbocycles. The average molecular weight is 348 g/mol. The third-order valence-electron chi connectivity index (χ3n) is 3.73. The number of nitrogens with one attached hydrogen (secondary N) is 1. The van der Waals surface area contributed by atoms with Crippen LogP contribution in [0.2, 0.25) is 10.0 Å². The van der Waals surface area contributed by atoms with Crippen LogP contribution in [0, 0.1) is 6.92 Å². The predicted molar refractivity (Wildman–Crippen MR) is 93.7 cm³/mol. The molecule has 6 heteroatoms. The summed E-state index contributed by atoms with van der Waals surface area (Å²) >= 11 is 12.1. The van der Waals surface area contributed by atoms with Crippen molar-refractivity contribution in [3.05, 3.63) is 63.5 Å². The molecule has 0 aliphatic carbocycles. The highest BCUT2D eigenvalue weighted by Crippen LogP contribution is 2.24. The SMILES string of the molecule is CCc1nc2cc(Cl)ccn2c1C(=O)Nc1cccc(Cl)c1C. The van der Waals surface area contributed by atoms with E-state index in [0.717, 1.165) is 11.3 Å². The summed E-state index contributed by atoms with van der Waals surface area (Å²) in [5, 5.41) is 4.12.